The molecule has 2 amide bonds. The Morgan fingerprint density at radius 3 is 2.41 bits per heavy atom. The number of ether oxygens (including phenoxy) is 3. The van der Waals surface area contributed by atoms with Gasteiger partial charge in [0.25, 0.3) is 11.8 Å². The molecule has 0 radical (unpaired) electrons. The summed E-state index contributed by atoms with van der Waals surface area (Å²) in [6.45, 7) is 2.57. The molecule has 27 heavy (non-hydrogen) atoms. The van der Waals surface area contributed by atoms with Crippen molar-refractivity contribution in [1.82, 2.24) is 10.9 Å². The summed E-state index contributed by atoms with van der Waals surface area (Å²) in [6, 6.07) is 12.0. The molecule has 0 fully saturated rings. The standard InChI is InChI=1S/C19H21BrN2O5/c1-13-11-15(20)5-8-17(13)27-12-18(23)21-22-19(24)14-3-6-16(7-4-14)26-10-9-25-2/h3-8,11H,9-10,12H2,1-2H3,(H,21,23)(H,22,24). The lowest BCUT2D eigenvalue weighted by molar-refractivity contribution is -0.123. The van der Waals surface area contributed by atoms with Crippen LogP contribution in [0.15, 0.2) is 46.9 Å². The minimum atomic E-state index is -0.467. The monoisotopic (exact) mass is 436 g/mol. The van der Waals surface area contributed by atoms with Crippen molar-refractivity contribution in [1.29, 1.82) is 0 Å². The number of nitrogens with one attached hydrogen (secondary N) is 2. The van der Waals surface area contributed by atoms with Gasteiger partial charge in [0.2, 0.25) is 0 Å². The van der Waals surface area contributed by atoms with E-state index in [0.29, 0.717) is 30.3 Å². The summed E-state index contributed by atoms with van der Waals surface area (Å²) in [6.07, 6.45) is 0. The van der Waals surface area contributed by atoms with Gasteiger partial charge in [-0.15, -0.1) is 0 Å². The Morgan fingerprint density at radius 2 is 1.74 bits per heavy atom. The third-order valence-electron chi connectivity index (χ3n) is 3.48. The predicted molar refractivity (Wildman–Crippen MR) is 104 cm³/mol. The first-order valence-electron chi connectivity index (χ1n) is 8.19. The van der Waals surface area contributed by atoms with Crippen LogP contribution in [0.5, 0.6) is 11.5 Å². The Kier molecular flexibility index (Phi) is 8.09. The maximum Gasteiger partial charge on any atom is 0.276 e. The number of methoxy groups -OCH3 is 1. The number of amides is 2. The topological polar surface area (TPSA) is 85.9 Å². The molecule has 0 saturated carbocycles. The highest BCUT2D eigenvalue weighted by molar-refractivity contribution is 9.10. The van der Waals surface area contributed by atoms with E-state index in [0.717, 1.165) is 10.0 Å². The van der Waals surface area contributed by atoms with Crippen molar-refractivity contribution < 1.29 is 23.8 Å². The number of halogens is 1. The second-order valence-electron chi connectivity index (χ2n) is 5.57. The van der Waals surface area contributed by atoms with Crippen LogP contribution in [-0.4, -0.2) is 38.7 Å². The Morgan fingerprint density at radius 1 is 1.00 bits per heavy atom. The van der Waals surface area contributed by atoms with E-state index < -0.39 is 11.8 Å². The van der Waals surface area contributed by atoms with E-state index in [2.05, 4.69) is 26.8 Å². The van der Waals surface area contributed by atoms with Gasteiger partial charge in [0.1, 0.15) is 18.1 Å². The summed E-state index contributed by atoms with van der Waals surface area (Å²) in [7, 11) is 1.59. The van der Waals surface area contributed by atoms with Gasteiger partial charge in [-0.3, -0.25) is 20.4 Å². The van der Waals surface area contributed by atoms with Crippen LogP contribution in [0.25, 0.3) is 0 Å². The van der Waals surface area contributed by atoms with E-state index in [9.17, 15) is 9.59 Å². The van der Waals surface area contributed by atoms with E-state index in [4.69, 9.17) is 14.2 Å². The quantitative estimate of drug-likeness (QED) is 0.490. The van der Waals surface area contributed by atoms with E-state index in [-0.39, 0.29) is 6.61 Å². The maximum atomic E-state index is 12.1. The van der Waals surface area contributed by atoms with Crippen molar-refractivity contribution in [3.8, 4) is 11.5 Å². The molecular formula is C19H21BrN2O5. The first-order chi connectivity index (χ1) is 13.0. The fourth-order valence-corrected chi connectivity index (χ4v) is 2.57. The molecule has 2 N–H and O–H groups in total. The number of carbonyl (C=O) groups excluding carboxylic acids is 2. The fourth-order valence-electron chi connectivity index (χ4n) is 2.10. The Hall–Kier alpha value is -2.58. The highest BCUT2D eigenvalue weighted by Gasteiger charge is 2.09. The normalized spacial score (nSPS) is 10.2. The molecule has 2 aromatic rings. The van der Waals surface area contributed by atoms with Gasteiger partial charge >= 0.3 is 0 Å². The number of hydrogen-bond acceptors (Lipinski definition) is 5. The molecule has 0 aliphatic rings. The molecule has 0 aliphatic heterocycles. The molecule has 0 heterocycles. The number of benzene rings is 2. The average molecular weight is 437 g/mol. The molecule has 0 spiro atoms. The fraction of sp³-hybridized carbons (Fsp3) is 0.263. The lowest BCUT2D eigenvalue weighted by Crippen LogP contribution is -2.43. The lowest BCUT2D eigenvalue weighted by Gasteiger charge is -2.11. The Bertz CT molecular complexity index is 780. The van der Waals surface area contributed by atoms with E-state index in [1.54, 1.807) is 37.4 Å². The largest absolute Gasteiger partial charge is 0.491 e. The molecule has 0 saturated heterocycles. The van der Waals surface area contributed by atoms with E-state index >= 15 is 0 Å². The number of rotatable bonds is 8. The van der Waals surface area contributed by atoms with Gasteiger partial charge in [-0.1, -0.05) is 15.9 Å². The van der Waals surface area contributed by atoms with Gasteiger partial charge in [-0.2, -0.15) is 0 Å². The molecule has 0 bridgehead atoms. The molecule has 0 unspecified atom stereocenters. The number of hydrazine groups is 1. The summed E-state index contributed by atoms with van der Waals surface area (Å²) >= 11 is 3.36. The van der Waals surface area contributed by atoms with Crippen LogP contribution in [0.2, 0.25) is 0 Å². The number of aryl methyl sites for hydroxylation is 1. The summed E-state index contributed by atoms with van der Waals surface area (Å²) in [4.78, 5) is 23.9. The second-order valence-corrected chi connectivity index (χ2v) is 6.48. The van der Waals surface area contributed by atoms with Crippen LogP contribution in [-0.2, 0) is 9.53 Å². The van der Waals surface area contributed by atoms with Crippen molar-refractivity contribution in [2.24, 2.45) is 0 Å². The minimum Gasteiger partial charge on any atom is -0.491 e. The van der Waals surface area contributed by atoms with Crippen LogP contribution >= 0.6 is 15.9 Å². The van der Waals surface area contributed by atoms with Gasteiger partial charge < -0.3 is 14.2 Å². The van der Waals surface area contributed by atoms with Crippen LogP contribution in [0.3, 0.4) is 0 Å². The van der Waals surface area contributed by atoms with Crippen molar-refractivity contribution in [3.05, 3.63) is 58.1 Å². The van der Waals surface area contributed by atoms with E-state index in [1.807, 2.05) is 19.1 Å². The van der Waals surface area contributed by atoms with Gasteiger partial charge in [0.15, 0.2) is 6.61 Å². The second kappa shape index (κ2) is 10.5. The first kappa shape index (κ1) is 20.7. The van der Waals surface area contributed by atoms with Gasteiger partial charge in [-0.05, 0) is 55.0 Å². The van der Waals surface area contributed by atoms with Crippen LogP contribution < -0.4 is 20.3 Å². The molecule has 8 heteroatoms. The highest BCUT2D eigenvalue weighted by Crippen LogP contribution is 2.21. The summed E-state index contributed by atoms with van der Waals surface area (Å²) in [5.41, 5.74) is 5.95. The molecule has 144 valence electrons. The number of carbonyl (C=O) groups is 2. The molecule has 0 atom stereocenters. The van der Waals surface area contributed by atoms with Gasteiger partial charge in [0.05, 0.1) is 6.61 Å². The summed E-state index contributed by atoms with van der Waals surface area (Å²) < 4.78 is 16.7. The van der Waals surface area contributed by atoms with Gasteiger partial charge in [-0.25, -0.2) is 0 Å². The Labute approximate surface area is 166 Å². The number of hydrogen-bond donors (Lipinski definition) is 2. The van der Waals surface area contributed by atoms with Crippen molar-refractivity contribution in [2.45, 2.75) is 6.92 Å². The first-order valence-corrected chi connectivity index (χ1v) is 8.99. The SMILES string of the molecule is COCCOc1ccc(C(=O)NNC(=O)COc2ccc(Br)cc2C)cc1. The average Bonchev–Trinajstić information content (AvgIpc) is 2.66. The maximum absolute atomic E-state index is 12.1. The molecule has 0 aromatic heterocycles. The third-order valence-corrected chi connectivity index (χ3v) is 3.98. The molecule has 7 nitrogen and oxygen atoms in total. The third kappa shape index (κ3) is 6.92. The smallest absolute Gasteiger partial charge is 0.276 e. The van der Waals surface area contributed by atoms with Crippen LogP contribution in [0.4, 0.5) is 0 Å². The highest BCUT2D eigenvalue weighted by atomic mass is 79.9. The summed E-state index contributed by atoms with van der Waals surface area (Å²) in [5, 5.41) is 0. The van der Waals surface area contributed by atoms with Crippen molar-refractivity contribution in [3.63, 3.8) is 0 Å². The van der Waals surface area contributed by atoms with E-state index in [1.165, 1.54) is 0 Å². The Balaban J connectivity index is 1.76. The predicted octanol–water partition coefficient (Wildman–Crippen LogP) is 2.62. The van der Waals surface area contributed by atoms with Gasteiger partial charge in [0, 0.05) is 17.1 Å². The lowest BCUT2D eigenvalue weighted by atomic mass is 10.2. The molecule has 0 aliphatic carbocycles. The molecule has 2 rings (SSSR count). The zero-order valence-electron chi connectivity index (χ0n) is 15.1. The zero-order valence-corrected chi connectivity index (χ0v) is 16.7. The zero-order chi connectivity index (χ0) is 19.6. The van der Waals surface area contributed by atoms with Crippen molar-refractivity contribution in [2.75, 3.05) is 26.9 Å². The van der Waals surface area contributed by atoms with Crippen LogP contribution in [0.1, 0.15) is 15.9 Å². The molecular weight excluding hydrogens is 416 g/mol. The molecule has 2 aromatic carbocycles. The minimum absolute atomic E-state index is 0.213. The van der Waals surface area contributed by atoms with Crippen LogP contribution in [0, 0.1) is 6.92 Å². The summed E-state index contributed by atoms with van der Waals surface area (Å²) in [5.74, 6) is 0.325. The van der Waals surface area contributed by atoms with Crippen molar-refractivity contribution >= 4 is 27.7 Å².